The number of unbranched alkanes of at least 4 members (excludes halogenated alkanes) is 2. The van der Waals surface area contributed by atoms with Gasteiger partial charge in [-0.25, -0.2) is 0 Å². The summed E-state index contributed by atoms with van der Waals surface area (Å²) in [5.41, 5.74) is 5.52. The molecule has 94 valence electrons. The van der Waals surface area contributed by atoms with Crippen molar-refractivity contribution in [2.75, 3.05) is 26.2 Å². The number of hydrogen-bond donors (Lipinski definition) is 1. The molecular weight excluding hydrogens is 196 g/mol. The second-order valence-electron chi connectivity index (χ2n) is 5.74. The summed E-state index contributed by atoms with van der Waals surface area (Å²) in [6, 6.07) is 0. The first-order valence-electron chi connectivity index (χ1n) is 7.32. The summed E-state index contributed by atoms with van der Waals surface area (Å²) in [6.07, 6.45) is 11.4. The molecule has 0 aromatic heterocycles. The van der Waals surface area contributed by atoms with Crippen LogP contribution in [0.4, 0.5) is 0 Å². The fourth-order valence-corrected chi connectivity index (χ4v) is 3.54. The number of likely N-dealkylation sites (tertiary alicyclic amines) is 1. The van der Waals surface area contributed by atoms with E-state index in [2.05, 4.69) is 4.90 Å². The van der Waals surface area contributed by atoms with Crippen molar-refractivity contribution < 1.29 is 0 Å². The number of piperidine rings is 1. The van der Waals surface area contributed by atoms with Crippen LogP contribution in [0.25, 0.3) is 0 Å². The van der Waals surface area contributed by atoms with Gasteiger partial charge in [-0.3, -0.25) is 0 Å². The van der Waals surface area contributed by atoms with E-state index in [1.165, 1.54) is 71.0 Å². The molecule has 2 rings (SSSR count). The Morgan fingerprint density at radius 2 is 1.75 bits per heavy atom. The molecule has 2 atom stereocenters. The quantitative estimate of drug-likeness (QED) is 0.727. The third kappa shape index (κ3) is 3.46. The van der Waals surface area contributed by atoms with Crippen LogP contribution in [-0.2, 0) is 0 Å². The molecule has 16 heavy (non-hydrogen) atoms. The first-order chi connectivity index (χ1) is 7.90. The average Bonchev–Trinajstić information content (AvgIpc) is 2.34. The Balaban J connectivity index is 1.65. The van der Waals surface area contributed by atoms with Gasteiger partial charge >= 0.3 is 0 Å². The summed E-state index contributed by atoms with van der Waals surface area (Å²) in [5, 5.41) is 0. The van der Waals surface area contributed by atoms with E-state index in [9.17, 15) is 0 Å². The van der Waals surface area contributed by atoms with Crippen LogP contribution in [0.2, 0.25) is 0 Å². The molecule has 1 aliphatic carbocycles. The summed E-state index contributed by atoms with van der Waals surface area (Å²) in [4.78, 5) is 2.71. The first-order valence-corrected chi connectivity index (χ1v) is 7.32. The van der Waals surface area contributed by atoms with E-state index in [0.29, 0.717) is 0 Å². The molecule has 2 fully saturated rings. The van der Waals surface area contributed by atoms with Gasteiger partial charge in [0.15, 0.2) is 0 Å². The summed E-state index contributed by atoms with van der Waals surface area (Å²) in [5.74, 6) is 2.12. The molecule has 1 saturated carbocycles. The average molecular weight is 224 g/mol. The molecule has 0 aromatic carbocycles. The highest BCUT2D eigenvalue weighted by molar-refractivity contribution is 4.83. The van der Waals surface area contributed by atoms with Crippen LogP contribution in [0.5, 0.6) is 0 Å². The summed E-state index contributed by atoms with van der Waals surface area (Å²) in [6.45, 7) is 4.95. The van der Waals surface area contributed by atoms with E-state index in [1.54, 1.807) is 0 Å². The summed E-state index contributed by atoms with van der Waals surface area (Å²) < 4.78 is 0. The van der Waals surface area contributed by atoms with Gasteiger partial charge < -0.3 is 10.6 Å². The molecule has 2 N–H and O–H groups in total. The zero-order chi connectivity index (χ0) is 11.2. The lowest BCUT2D eigenvalue weighted by Gasteiger charge is -2.41. The second-order valence-corrected chi connectivity index (χ2v) is 5.74. The van der Waals surface area contributed by atoms with Gasteiger partial charge in [-0.1, -0.05) is 25.7 Å². The Labute approximate surface area is 101 Å². The normalized spacial score (nSPS) is 31.3. The SMILES string of the molecule is NCCCCCN1CCC2CCCCC2C1. The third-order valence-electron chi connectivity index (χ3n) is 4.55. The predicted molar refractivity (Wildman–Crippen MR) is 69.4 cm³/mol. The molecule has 0 amide bonds. The number of nitrogens with zero attached hydrogens (tertiary/aromatic N) is 1. The Bertz CT molecular complexity index is 193. The van der Waals surface area contributed by atoms with Crippen LogP contribution < -0.4 is 5.73 Å². The van der Waals surface area contributed by atoms with Gasteiger partial charge in [-0.05, 0) is 57.2 Å². The zero-order valence-corrected chi connectivity index (χ0v) is 10.7. The van der Waals surface area contributed by atoms with E-state index in [-0.39, 0.29) is 0 Å². The Morgan fingerprint density at radius 3 is 2.56 bits per heavy atom. The Hall–Kier alpha value is -0.0800. The van der Waals surface area contributed by atoms with Gasteiger partial charge in [-0.2, -0.15) is 0 Å². The Morgan fingerprint density at radius 1 is 0.938 bits per heavy atom. The van der Waals surface area contributed by atoms with Gasteiger partial charge in [0.1, 0.15) is 0 Å². The highest BCUT2D eigenvalue weighted by Crippen LogP contribution is 2.35. The molecule has 0 radical (unpaired) electrons. The van der Waals surface area contributed by atoms with Crippen LogP contribution in [0.3, 0.4) is 0 Å². The van der Waals surface area contributed by atoms with Crippen LogP contribution in [0, 0.1) is 11.8 Å². The molecule has 1 heterocycles. The predicted octanol–water partition coefficient (Wildman–Crippen LogP) is 2.63. The number of nitrogens with two attached hydrogens (primary N) is 1. The van der Waals surface area contributed by atoms with Crippen molar-refractivity contribution in [3.8, 4) is 0 Å². The zero-order valence-electron chi connectivity index (χ0n) is 10.7. The van der Waals surface area contributed by atoms with Gasteiger partial charge in [-0.15, -0.1) is 0 Å². The topological polar surface area (TPSA) is 29.3 Å². The lowest BCUT2D eigenvalue weighted by Crippen LogP contribution is -2.42. The van der Waals surface area contributed by atoms with Crippen molar-refractivity contribution in [3.05, 3.63) is 0 Å². The van der Waals surface area contributed by atoms with E-state index >= 15 is 0 Å². The van der Waals surface area contributed by atoms with Gasteiger partial charge in [0, 0.05) is 6.54 Å². The van der Waals surface area contributed by atoms with E-state index in [1.807, 2.05) is 0 Å². The van der Waals surface area contributed by atoms with Crippen LogP contribution in [-0.4, -0.2) is 31.1 Å². The molecule has 1 saturated heterocycles. The molecule has 2 unspecified atom stereocenters. The minimum Gasteiger partial charge on any atom is -0.330 e. The smallest absolute Gasteiger partial charge is 0.00123 e. The molecule has 1 aliphatic heterocycles. The molecule has 0 bridgehead atoms. The maximum Gasteiger partial charge on any atom is 0.00123 e. The van der Waals surface area contributed by atoms with E-state index in [4.69, 9.17) is 5.73 Å². The highest BCUT2D eigenvalue weighted by atomic mass is 15.1. The third-order valence-corrected chi connectivity index (χ3v) is 4.55. The summed E-state index contributed by atoms with van der Waals surface area (Å²) in [7, 11) is 0. The van der Waals surface area contributed by atoms with Crippen molar-refractivity contribution >= 4 is 0 Å². The molecular formula is C14H28N2. The maximum atomic E-state index is 5.52. The Kier molecular flexibility index (Phi) is 5.11. The monoisotopic (exact) mass is 224 g/mol. The van der Waals surface area contributed by atoms with Gasteiger partial charge in [0.25, 0.3) is 0 Å². The van der Waals surface area contributed by atoms with Crippen LogP contribution >= 0.6 is 0 Å². The molecule has 0 aromatic rings. The number of rotatable bonds is 5. The number of fused-ring (bicyclic) bond motifs is 1. The molecule has 2 heteroatoms. The maximum absolute atomic E-state index is 5.52. The van der Waals surface area contributed by atoms with Crippen molar-refractivity contribution in [1.82, 2.24) is 4.90 Å². The fraction of sp³-hybridized carbons (Fsp3) is 1.00. The minimum absolute atomic E-state index is 0.866. The lowest BCUT2D eigenvalue weighted by molar-refractivity contribution is 0.0857. The van der Waals surface area contributed by atoms with Crippen molar-refractivity contribution in [2.45, 2.75) is 51.4 Å². The molecule has 2 aliphatic rings. The lowest BCUT2D eigenvalue weighted by atomic mass is 9.75. The minimum atomic E-state index is 0.866. The van der Waals surface area contributed by atoms with E-state index in [0.717, 1.165) is 18.4 Å². The van der Waals surface area contributed by atoms with Crippen LogP contribution in [0.1, 0.15) is 51.4 Å². The van der Waals surface area contributed by atoms with Gasteiger partial charge in [0.2, 0.25) is 0 Å². The standard InChI is InChI=1S/C14H28N2/c15-9-4-1-5-10-16-11-8-13-6-2-3-7-14(13)12-16/h13-14H,1-12,15H2. The first kappa shape index (κ1) is 12.4. The van der Waals surface area contributed by atoms with Gasteiger partial charge in [0.05, 0.1) is 0 Å². The fourth-order valence-electron chi connectivity index (χ4n) is 3.54. The van der Waals surface area contributed by atoms with Crippen LogP contribution in [0.15, 0.2) is 0 Å². The largest absolute Gasteiger partial charge is 0.330 e. The van der Waals surface area contributed by atoms with Crippen molar-refractivity contribution in [2.24, 2.45) is 17.6 Å². The van der Waals surface area contributed by atoms with Crippen molar-refractivity contribution in [1.29, 1.82) is 0 Å². The van der Waals surface area contributed by atoms with E-state index < -0.39 is 0 Å². The number of hydrogen-bond acceptors (Lipinski definition) is 2. The molecule has 0 spiro atoms. The highest BCUT2D eigenvalue weighted by Gasteiger charge is 2.30. The summed E-state index contributed by atoms with van der Waals surface area (Å²) >= 11 is 0. The molecule has 2 nitrogen and oxygen atoms in total. The second kappa shape index (κ2) is 6.61. The van der Waals surface area contributed by atoms with Crippen molar-refractivity contribution in [3.63, 3.8) is 0 Å².